The largest absolute Gasteiger partial charge is 0.497 e. The normalized spacial score (nSPS) is 10.4. The van der Waals surface area contributed by atoms with E-state index in [9.17, 15) is 42.6 Å². The molecule has 2 heterocycles. The average Bonchev–Trinajstić information content (AvgIpc) is 3.59. The number of methoxy groups -OCH3 is 2. The minimum absolute atomic E-state index is 0. The molecule has 0 aliphatic rings. The van der Waals surface area contributed by atoms with Gasteiger partial charge in [-0.15, -0.1) is 0 Å². The Morgan fingerprint density at radius 3 is 1.57 bits per heavy atom. The first-order valence-corrected chi connectivity index (χ1v) is 18.7. The number of hydrogen-bond donors (Lipinski definition) is 10. The summed E-state index contributed by atoms with van der Waals surface area (Å²) in [7, 11) is 1.91. The number of aromatic amines is 1. The van der Waals surface area contributed by atoms with Crippen molar-refractivity contribution < 1.29 is 103 Å². The summed E-state index contributed by atoms with van der Waals surface area (Å²) >= 11 is 0. The Morgan fingerprint density at radius 1 is 0.716 bits per heavy atom. The van der Waals surface area contributed by atoms with Crippen LogP contribution < -0.4 is 14.2 Å². The molecule has 0 spiro atoms. The number of imidazole rings is 1. The SMILES string of the molecule is CC(=O)Oc1ccccc1C(=O)O.COc1ccc2nc(S(=O)Cc3ncc(C)c(OC)c3C)[nH]c2c1.O=C(O)CC(O)(CC(=O)O)C(=O)O.O=C(O)CC(O)(CC(=O)O)C(=O)O.[Bi].[K].[K].[K]. The number of nitrogens with one attached hydrogen (secondary N) is 1. The van der Waals surface area contributed by atoms with E-state index >= 15 is 0 Å². The maximum atomic E-state index is 12.7. The van der Waals surface area contributed by atoms with Gasteiger partial charge in [0, 0.05) is 211 Å². The number of aliphatic carboxylic acids is 6. The van der Waals surface area contributed by atoms with Crippen LogP contribution in [-0.4, -0.2) is 319 Å². The Hall–Kier alpha value is -1.72. The molecule has 0 aliphatic heterocycles. The number of benzene rings is 2. The monoisotopic (exact) mass is 1240 g/mol. The Morgan fingerprint density at radius 2 is 1.18 bits per heavy atom. The van der Waals surface area contributed by atoms with Crippen molar-refractivity contribution in [3.05, 3.63) is 71.0 Å². The third-order valence-electron chi connectivity index (χ3n) is 7.84. The third kappa shape index (κ3) is 25.3. The summed E-state index contributed by atoms with van der Waals surface area (Å²) in [6.07, 6.45) is -2.84. The molecule has 0 bridgehead atoms. The molecule has 0 aliphatic carbocycles. The first-order valence-electron chi connectivity index (χ1n) is 17.4. The number of carboxylic acids is 7. The second kappa shape index (κ2) is 34.6. The van der Waals surface area contributed by atoms with Crippen LogP contribution in [-0.2, 0) is 50.1 Å². The Balaban J connectivity index is -0.000000406. The fourth-order valence-corrected chi connectivity index (χ4v) is 6.02. The number of aryl methyl sites for hydroxylation is 1. The molecule has 0 fully saturated rings. The molecule has 1 atom stereocenters. The van der Waals surface area contributed by atoms with Crippen LogP contribution >= 0.6 is 0 Å². The van der Waals surface area contributed by atoms with E-state index in [0.717, 1.165) is 39.4 Å². The molecule has 4 rings (SSSR count). The van der Waals surface area contributed by atoms with E-state index in [-0.39, 0.29) is 197 Å². The Bertz CT molecular complexity index is 2300. The fourth-order valence-electron chi connectivity index (χ4n) is 4.92. The minimum Gasteiger partial charge on any atom is -0.497 e. The number of carbonyl (C=O) groups is 8. The number of hydrogen-bond acceptors (Lipinski definition) is 16. The van der Waals surface area contributed by atoms with Crippen molar-refractivity contribution in [1.29, 1.82) is 0 Å². The van der Waals surface area contributed by atoms with Gasteiger partial charge in [0.2, 0.25) is 0 Å². The van der Waals surface area contributed by atoms with E-state index in [1.54, 1.807) is 32.5 Å². The van der Waals surface area contributed by atoms with Crippen molar-refractivity contribution in [3.63, 3.8) is 0 Å². The standard InChI is InChI=1S/C17H19N3O3S.C9H8O4.2C6H8O7.Bi.3K/c1-10-8-18-15(11(2)16(10)23-4)9-24(21)17-19-13-6-5-12(22-3)7-14(13)20-17;1-6(10)13-8-5-3-2-4-7(8)9(11)12;2*7-3(8)1-6(13,5(11)12)2-4(9)10;;;;/h5-8H,9H2,1-4H3,(H,19,20);2-5H,1H3,(H,11,12);2*13H,1-2H2,(H,7,8)(H,9,10)(H,11,12);;;;. The van der Waals surface area contributed by atoms with E-state index in [0.29, 0.717) is 5.16 Å². The van der Waals surface area contributed by atoms with Gasteiger partial charge in [-0.05, 0) is 38.1 Å². The number of esters is 1. The second-order valence-corrected chi connectivity index (χ2v) is 14.2. The molecule has 1 unspecified atom stereocenters. The molecule has 0 saturated heterocycles. The van der Waals surface area contributed by atoms with Crippen LogP contribution in [0.3, 0.4) is 0 Å². The second-order valence-electron chi connectivity index (χ2n) is 12.8. The number of aliphatic hydroxyl groups is 2. The summed E-state index contributed by atoms with van der Waals surface area (Å²) in [6, 6.07) is 11.5. The molecule has 2 aromatic carbocycles. The van der Waals surface area contributed by atoms with E-state index < -0.39 is 95.4 Å². The van der Waals surface area contributed by atoms with Crippen molar-refractivity contribution in [2.75, 3.05) is 14.2 Å². The topological polar surface area (TPSA) is 405 Å². The number of fused-ring (bicyclic) bond motifs is 1. The molecule has 350 valence electrons. The van der Waals surface area contributed by atoms with Gasteiger partial charge in [-0.2, -0.15) is 0 Å². The first kappa shape index (κ1) is 71.8. The predicted octanol–water partition coefficient (Wildman–Crippen LogP) is 0.190. The Kier molecular flexibility index (Phi) is 37.1. The molecule has 6 radical (unpaired) electrons. The Labute approximate surface area is 529 Å². The molecular formula is C38H43BiK3N3O21S. The molecule has 2 aromatic heterocycles. The van der Waals surface area contributed by atoms with Crippen LogP contribution in [0, 0.1) is 13.8 Å². The number of aromatic nitrogens is 3. The number of H-pyrrole nitrogens is 1. The average molecular weight is 1240 g/mol. The molecule has 24 nitrogen and oxygen atoms in total. The van der Waals surface area contributed by atoms with Crippen molar-refractivity contribution in [2.24, 2.45) is 0 Å². The molecule has 0 amide bonds. The number of nitrogens with zero attached hydrogens (tertiary/aromatic N) is 2. The van der Waals surface area contributed by atoms with E-state index in [2.05, 4.69) is 19.7 Å². The smallest absolute Gasteiger partial charge is 0.339 e. The van der Waals surface area contributed by atoms with Crippen molar-refractivity contribution in [3.8, 4) is 17.2 Å². The van der Waals surface area contributed by atoms with E-state index in [1.807, 2.05) is 32.0 Å². The summed E-state index contributed by atoms with van der Waals surface area (Å²) in [5.41, 5.74) is -1.33. The van der Waals surface area contributed by atoms with E-state index in [4.69, 9.17) is 55.4 Å². The van der Waals surface area contributed by atoms with Gasteiger partial charge in [-0.1, -0.05) is 12.1 Å². The third-order valence-corrected chi connectivity index (χ3v) is 9.00. The minimum atomic E-state index is -2.74. The number of pyridine rings is 1. The quantitative estimate of drug-likeness (QED) is 0.0383. The van der Waals surface area contributed by atoms with Crippen LogP contribution in [0.2, 0.25) is 0 Å². The zero-order chi connectivity index (χ0) is 48.4. The summed E-state index contributed by atoms with van der Waals surface area (Å²) in [5, 5.41) is 76.7. The van der Waals surface area contributed by atoms with Crippen LogP contribution in [0.4, 0.5) is 0 Å². The molecule has 0 saturated carbocycles. The van der Waals surface area contributed by atoms with Crippen LogP contribution in [0.25, 0.3) is 11.0 Å². The van der Waals surface area contributed by atoms with Crippen LogP contribution in [0.5, 0.6) is 17.2 Å². The first-order chi connectivity index (χ1) is 29.2. The predicted molar refractivity (Wildman–Crippen MR) is 235 cm³/mol. The summed E-state index contributed by atoms with van der Waals surface area (Å²) in [6.45, 7) is 5.08. The molecule has 67 heavy (non-hydrogen) atoms. The summed E-state index contributed by atoms with van der Waals surface area (Å²) in [4.78, 5) is 94.1. The van der Waals surface area contributed by atoms with Crippen molar-refractivity contribution in [2.45, 2.75) is 68.6 Å². The zero-order valence-corrected chi connectivity index (χ0v) is 51.0. The van der Waals surface area contributed by atoms with Crippen LogP contribution in [0.1, 0.15) is 59.8 Å². The summed E-state index contributed by atoms with van der Waals surface area (Å²) < 4.78 is 28.0. The maximum absolute atomic E-state index is 12.7. The number of rotatable bonds is 17. The number of carboxylic acid groups (broad SMARTS) is 7. The van der Waals surface area contributed by atoms with Gasteiger partial charge >= 0.3 is 47.8 Å². The van der Waals surface area contributed by atoms with Gasteiger partial charge in [0.1, 0.15) is 22.8 Å². The fraction of sp³-hybridized carbons (Fsp3) is 0.316. The van der Waals surface area contributed by atoms with Crippen molar-refractivity contribution in [1.82, 2.24) is 15.0 Å². The van der Waals surface area contributed by atoms with Crippen molar-refractivity contribution >= 4 is 250 Å². The van der Waals surface area contributed by atoms with Gasteiger partial charge in [0.25, 0.3) is 0 Å². The molecular weight excluding hydrogens is 1190 g/mol. The van der Waals surface area contributed by atoms with Gasteiger partial charge in [0.15, 0.2) is 16.4 Å². The zero-order valence-electron chi connectivity index (χ0n) is 37.3. The van der Waals surface area contributed by atoms with Gasteiger partial charge in [0.05, 0.1) is 73.2 Å². The van der Waals surface area contributed by atoms with Gasteiger partial charge in [-0.3, -0.25) is 33.2 Å². The van der Waals surface area contributed by atoms with Gasteiger partial charge < -0.3 is 65.2 Å². The van der Waals surface area contributed by atoms with Crippen LogP contribution in [0.15, 0.2) is 53.8 Å². The number of aromatic carboxylic acids is 1. The van der Waals surface area contributed by atoms with E-state index in [1.165, 1.54) is 19.1 Å². The maximum Gasteiger partial charge on any atom is 0.339 e. The molecule has 29 heteroatoms. The molecule has 10 N–H and O–H groups in total. The number of carbonyl (C=O) groups excluding carboxylic acids is 1. The number of ether oxygens (including phenoxy) is 3. The number of para-hydroxylation sites is 1. The summed E-state index contributed by atoms with van der Waals surface area (Å²) in [5.74, 6) is -9.83. The van der Waals surface area contributed by atoms with Gasteiger partial charge in [-0.25, -0.2) is 19.4 Å². The molecule has 4 aromatic rings.